The molecule has 0 bridgehead atoms. The van der Waals surface area contributed by atoms with Crippen LogP contribution < -0.4 is 10.6 Å². The Morgan fingerprint density at radius 2 is 2.24 bits per heavy atom. The Balaban J connectivity index is 3.10. The summed E-state index contributed by atoms with van der Waals surface area (Å²) in [6.07, 6.45) is 0. The molecule has 0 aliphatic heterocycles. The summed E-state index contributed by atoms with van der Waals surface area (Å²) in [7, 11) is 3.60. The molecule has 1 aromatic heterocycles. The molecule has 1 aromatic rings. The van der Waals surface area contributed by atoms with Gasteiger partial charge in [0.2, 0.25) is 0 Å². The zero-order valence-corrected chi connectivity index (χ0v) is 10.8. The monoisotopic (exact) mass is 236 g/mol. The van der Waals surface area contributed by atoms with Crippen LogP contribution in [0.5, 0.6) is 0 Å². The van der Waals surface area contributed by atoms with E-state index in [0.29, 0.717) is 12.2 Å². The summed E-state index contributed by atoms with van der Waals surface area (Å²) in [5.41, 5.74) is 7.12. The zero-order chi connectivity index (χ0) is 13.0. The fourth-order valence-electron chi connectivity index (χ4n) is 1.58. The van der Waals surface area contributed by atoms with E-state index in [2.05, 4.69) is 4.98 Å². The van der Waals surface area contributed by atoms with Crippen molar-refractivity contribution in [2.24, 2.45) is 5.73 Å². The van der Waals surface area contributed by atoms with Crippen molar-refractivity contribution in [2.45, 2.75) is 19.9 Å². The molecule has 0 aliphatic rings. The van der Waals surface area contributed by atoms with Crippen molar-refractivity contribution in [3.63, 3.8) is 0 Å². The Bertz CT molecular complexity index is 405. The highest BCUT2D eigenvalue weighted by Crippen LogP contribution is 2.19. The second-order valence-corrected chi connectivity index (χ2v) is 4.15. The minimum atomic E-state index is 0.0315. The van der Waals surface area contributed by atoms with Gasteiger partial charge in [-0.2, -0.15) is 0 Å². The number of rotatable bonds is 5. The molecule has 5 nitrogen and oxygen atoms in total. The van der Waals surface area contributed by atoms with Crippen LogP contribution in [0.25, 0.3) is 0 Å². The molecule has 3 N–H and O–H groups in total. The van der Waals surface area contributed by atoms with Gasteiger partial charge in [0.05, 0.1) is 18.2 Å². The van der Waals surface area contributed by atoms with Crippen LogP contribution in [0.2, 0.25) is 0 Å². The number of hydrogen-bond donors (Lipinski definition) is 2. The first kappa shape index (κ1) is 13.4. The predicted molar refractivity (Wildman–Crippen MR) is 69.7 cm³/mol. The molecule has 1 heterocycles. The first-order valence-electron chi connectivity index (χ1n) is 5.51. The number of nitrogens with one attached hydrogen (secondary N) is 1. The molecule has 0 radical (unpaired) electrons. The molecule has 0 aromatic carbocycles. The molecule has 94 valence electrons. The maximum absolute atomic E-state index is 7.56. The number of ether oxygens (including phenoxy) is 1. The van der Waals surface area contributed by atoms with Crippen molar-refractivity contribution in [1.82, 2.24) is 4.98 Å². The van der Waals surface area contributed by atoms with Gasteiger partial charge in [0, 0.05) is 19.9 Å². The Hall–Kier alpha value is -1.62. The second-order valence-electron chi connectivity index (χ2n) is 4.15. The van der Waals surface area contributed by atoms with Gasteiger partial charge in [-0.25, -0.2) is 4.98 Å². The quantitative estimate of drug-likeness (QED) is 0.594. The molecule has 0 fully saturated rings. The number of aryl methyl sites for hydroxylation is 1. The van der Waals surface area contributed by atoms with Crippen LogP contribution in [0.4, 0.5) is 5.82 Å². The lowest BCUT2D eigenvalue weighted by Gasteiger charge is -2.27. The van der Waals surface area contributed by atoms with Gasteiger partial charge in [-0.05, 0) is 26.0 Å². The maximum Gasteiger partial charge on any atom is 0.139 e. The maximum atomic E-state index is 7.56. The second kappa shape index (κ2) is 5.63. The van der Waals surface area contributed by atoms with Gasteiger partial charge in [-0.3, -0.25) is 5.41 Å². The van der Waals surface area contributed by atoms with Gasteiger partial charge in [0.25, 0.3) is 0 Å². The SMILES string of the molecule is COCC(C)N(C)c1nc(C)ccc1C(=N)N. The van der Waals surface area contributed by atoms with Crippen LogP contribution in [0.3, 0.4) is 0 Å². The largest absolute Gasteiger partial charge is 0.384 e. The van der Waals surface area contributed by atoms with Crippen LogP contribution in [0.1, 0.15) is 18.2 Å². The van der Waals surface area contributed by atoms with Crippen molar-refractivity contribution in [3.05, 3.63) is 23.4 Å². The van der Waals surface area contributed by atoms with E-state index in [0.717, 1.165) is 11.5 Å². The zero-order valence-electron chi connectivity index (χ0n) is 10.8. The van der Waals surface area contributed by atoms with E-state index in [1.165, 1.54) is 0 Å². The normalized spacial score (nSPS) is 12.2. The van der Waals surface area contributed by atoms with E-state index in [1.54, 1.807) is 7.11 Å². The van der Waals surface area contributed by atoms with Gasteiger partial charge in [-0.15, -0.1) is 0 Å². The van der Waals surface area contributed by atoms with E-state index in [4.69, 9.17) is 15.9 Å². The smallest absolute Gasteiger partial charge is 0.139 e. The number of pyridine rings is 1. The third kappa shape index (κ3) is 3.17. The average molecular weight is 236 g/mol. The number of nitrogens with zero attached hydrogens (tertiary/aromatic N) is 2. The molecule has 1 rings (SSSR count). The van der Waals surface area contributed by atoms with Gasteiger partial charge in [0.15, 0.2) is 0 Å². The lowest BCUT2D eigenvalue weighted by molar-refractivity contribution is 0.183. The van der Waals surface area contributed by atoms with Crippen LogP contribution in [0.15, 0.2) is 12.1 Å². The Labute approximate surface area is 102 Å². The first-order valence-corrected chi connectivity index (χ1v) is 5.51. The van der Waals surface area contributed by atoms with Crippen molar-refractivity contribution in [2.75, 3.05) is 25.7 Å². The molecule has 0 saturated heterocycles. The molecule has 0 spiro atoms. The fraction of sp³-hybridized carbons (Fsp3) is 0.500. The molecule has 0 amide bonds. The average Bonchev–Trinajstić information content (AvgIpc) is 2.27. The first-order chi connectivity index (χ1) is 7.97. The van der Waals surface area contributed by atoms with Crippen LogP contribution in [-0.4, -0.2) is 37.6 Å². The lowest BCUT2D eigenvalue weighted by atomic mass is 10.2. The van der Waals surface area contributed by atoms with E-state index in [-0.39, 0.29) is 11.9 Å². The fourth-order valence-corrected chi connectivity index (χ4v) is 1.58. The van der Waals surface area contributed by atoms with Crippen molar-refractivity contribution >= 4 is 11.7 Å². The van der Waals surface area contributed by atoms with E-state index >= 15 is 0 Å². The third-order valence-electron chi connectivity index (χ3n) is 2.71. The van der Waals surface area contributed by atoms with Gasteiger partial charge < -0.3 is 15.4 Å². The van der Waals surface area contributed by atoms with E-state index < -0.39 is 0 Å². The highest BCUT2D eigenvalue weighted by molar-refractivity contribution is 5.99. The number of nitrogen functional groups attached to an aromatic ring is 1. The minimum absolute atomic E-state index is 0.0315. The van der Waals surface area contributed by atoms with Crippen LogP contribution in [0, 0.1) is 12.3 Å². The standard InChI is InChI=1S/C12H20N4O/c1-8-5-6-10(11(13)14)12(15-8)16(3)9(2)7-17-4/h5-6,9H,7H2,1-4H3,(H3,13,14). The lowest BCUT2D eigenvalue weighted by Crippen LogP contribution is -2.35. The summed E-state index contributed by atoms with van der Waals surface area (Å²) in [4.78, 5) is 6.43. The molecular weight excluding hydrogens is 216 g/mol. The molecule has 17 heavy (non-hydrogen) atoms. The number of hydrogen-bond acceptors (Lipinski definition) is 4. The number of likely N-dealkylation sites (N-methyl/N-ethyl adjacent to an activating group) is 1. The summed E-state index contributed by atoms with van der Waals surface area (Å²) in [5.74, 6) is 0.756. The summed E-state index contributed by atoms with van der Waals surface area (Å²) in [5, 5.41) is 7.56. The Kier molecular flexibility index (Phi) is 4.45. The highest BCUT2D eigenvalue weighted by atomic mass is 16.5. The summed E-state index contributed by atoms with van der Waals surface area (Å²) in [6.45, 7) is 4.56. The molecular formula is C12H20N4O. The molecule has 5 heteroatoms. The van der Waals surface area contributed by atoms with Gasteiger partial charge >= 0.3 is 0 Å². The van der Waals surface area contributed by atoms with Crippen LogP contribution >= 0.6 is 0 Å². The Morgan fingerprint density at radius 1 is 1.59 bits per heavy atom. The van der Waals surface area contributed by atoms with Crippen molar-refractivity contribution in [3.8, 4) is 0 Å². The topological polar surface area (TPSA) is 75.2 Å². The molecule has 1 unspecified atom stereocenters. The van der Waals surface area contributed by atoms with Gasteiger partial charge in [0.1, 0.15) is 11.7 Å². The molecule has 1 atom stereocenters. The molecule has 0 aliphatic carbocycles. The number of aromatic nitrogens is 1. The van der Waals surface area contributed by atoms with Gasteiger partial charge in [-0.1, -0.05) is 0 Å². The number of methoxy groups -OCH3 is 1. The number of anilines is 1. The third-order valence-corrected chi connectivity index (χ3v) is 2.71. The predicted octanol–water partition coefficient (Wildman–Crippen LogP) is 1.15. The number of nitrogens with two attached hydrogens (primary N) is 1. The van der Waals surface area contributed by atoms with E-state index in [1.807, 2.05) is 37.9 Å². The Morgan fingerprint density at radius 3 is 2.76 bits per heavy atom. The summed E-state index contributed by atoms with van der Waals surface area (Å²) >= 11 is 0. The molecule has 0 saturated carbocycles. The highest BCUT2D eigenvalue weighted by Gasteiger charge is 2.16. The van der Waals surface area contributed by atoms with Crippen molar-refractivity contribution < 1.29 is 4.74 Å². The van der Waals surface area contributed by atoms with Crippen molar-refractivity contribution in [1.29, 1.82) is 5.41 Å². The summed E-state index contributed by atoms with van der Waals surface area (Å²) < 4.78 is 5.12. The summed E-state index contributed by atoms with van der Waals surface area (Å²) in [6, 6.07) is 3.86. The van der Waals surface area contributed by atoms with Crippen LogP contribution in [-0.2, 0) is 4.74 Å². The van der Waals surface area contributed by atoms with E-state index in [9.17, 15) is 0 Å². The number of amidine groups is 1. The minimum Gasteiger partial charge on any atom is -0.384 e.